The molecule has 1 aromatic heterocycles. The number of oxime groups is 1. The molecule has 0 amide bonds. The van der Waals surface area contributed by atoms with Crippen LogP contribution in [0, 0.1) is 13.8 Å². The Kier molecular flexibility index (Phi) is 5.32. The molecule has 132 valence electrons. The van der Waals surface area contributed by atoms with Crippen LogP contribution in [0.4, 0.5) is 5.69 Å². The third-order valence-electron chi connectivity index (χ3n) is 4.65. The molecule has 0 bridgehead atoms. The van der Waals surface area contributed by atoms with Crippen molar-refractivity contribution >= 4 is 11.4 Å². The minimum Gasteiger partial charge on any atom is -0.411 e. The molecule has 3 N–H and O–H groups in total. The first-order chi connectivity index (χ1) is 12.6. The Morgan fingerprint density at radius 3 is 2.46 bits per heavy atom. The highest BCUT2D eigenvalue weighted by Gasteiger charge is 2.20. The van der Waals surface area contributed by atoms with Crippen LogP contribution in [0.2, 0.25) is 0 Å². The molecule has 0 aliphatic carbocycles. The normalized spacial score (nSPS) is 12.8. The molecule has 0 saturated heterocycles. The fourth-order valence-electron chi connectivity index (χ4n) is 3.25. The standard InChI is InChI=1S/C22H23N3O/c1-15-5-3-4-6-20(15)21(17-7-9-19(23)10-8-17)14-22(25-26)18-11-12-24-16(2)13-18/h3-13,21,26H,14,23H2,1-2H3/b25-22+/t21-/m1/s1. The molecular weight excluding hydrogens is 322 g/mol. The van der Waals surface area contributed by atoms with Crippen LogP contribution in [-0.2, 0) is 0 Å². The van der Waals surface area contributed by atoms with Gasteiger partial charge < -0.3 is 10.9 Å². The van der Waals surface area contributed by atoms with Crippen LogP contribution in [0.25, 0.3) is 0 Å². The van der Waals surface area contributed by atoms with Crippen LogP contribution < -0.4 is 5.73 Å². The van der Waals surface area contributed by atoms with Crippen LogP contribution in [-0.4, -0.2) is 15.9 Å². The maximum Gasteiger partial charge on any atom is 0.0878 e. The molecule has 0 spiro atoms. The lowest BCUT2D eigenvalue weighted by molar-refractivity contribution is 0.317. The van der Waals surface area contributed by atoms with Crippen LogP contribution >= 0.6 is 0 Å². The van der Waals surface area contributed by atoms with E-state index >= 15 is 0 Å². The van der Waals surface area contributed by atoms with E-state index in [2.05, 4.69) is 29.2 Å². The molecule has 0 aliphatic rings. The number of hydrogen-bond acceptors (Lipinski definition) is 4. The molecule has 3 rings (SSSR count). The van der Waals surface area contributed by atoms with E-state index in [1.54, 1.807) is 6.20 Å². The van der Waals surface area contributed by atoms with Crippen LogP contribution in [0.15, 0.2) is 72.0 Å². The summed E-state index contributed by atoms with van der Waals surface area (Å²) >= 11 is 0. The number of anilines is 1. The largest absolute Gasteiger partial charge is 0.411 e. The van der Waals surface area contributed by atoms with Gasteiger partial charge in [0, 0.05) is 35.5 Å². The summed E-state index contributed by atoms with van der Waals surface area (Å²) in [6, 6.07) is 20.0. The molecular formula is C22H23N3O. The Bertz CT molecular complexity index is 917. The Balaban J connectivity index is 2.03. The zero-order valence-corrected chi connectivity index (χ0v) is 15.1. The van der Waals surface area contributed by atoms with Gasteiger partial charge in [0.2, 0.25) is 0 Å². The molecule has 26 heavy (non-hydrogen) atoms. The average Bonchev–Trinajstić information content (AvgIpc) is 2.65. The number of benzene rings is 2. The van der Waals surface area contributed by atoms with Crippen molar-refractivity contribution in [3.8, 4) is 0 Å². The predicted molar refractivity (Wildman–Crippen MR) is 106 cm³/mol. The number of nitrogen functional groups attached to an aromatic ring is 1. The molecule has 1 atom stereocenters. The van der Waals surface area contributed by atoms with Crippen molar-refractivity contribution in [3.05, 3.63) is 94.8 Å². The fourth-order valence-corrected chi connectivity index (χ4v) is 3.25. The summed E-state index contributed by atoms with van der Waals surface area (Å²) in [6.45, 7) is 4.03. The molecule has 2 aromatic carbocycles. The van der Waals surface area contributed by atoms with Gasteiger partial charge in [-0.05, 0) is 54.8 Å². The number of aromatic nitrogens is 1. The van der Waals surface area contributed by atoms with E-state index in [1.807, 2.05) is 55.5 Å². The van der Waals surface area contributed by atoms with E-state index in [-0.39, 0.29) is 5.92 Å². The number of nitrogens with two attached hydrogens (primary N) is 1. The molecule has 1 heterocycles. The number of pyridine rings is 1. The van der Waals surface area contributed by atoms with Gasteiger partial charge in [-0.15, -0.1) is 0 Å². The fraction of sp³-hybridized carbons (Fsp3) is 0.182. The highest BCUT2D eigenvalue weighted by atomic mass is 16.4. The quantitative estimate of drug-likeness (QED) is 0.305. The highest BCUT2D eigenvalue weighted by Crippen LogP contribution is 2.32. The molecule has 0 unspecified atom stereocenters. The van der Waals surface area contributed by atoms with Crippen LogP contribution in [0.3, 0.4) is 0 Å². The van der Waals surface area contributed by atoms with E-state index in [4.69, 9.17) is 5.73 Å². The van der Waals surface area contributed by atoms with E-state index < -0.39 is 0 Å². The van der Waals surface area contributed by atoms with E-state index in [0.29, 0.717) is 12.1 Å². The van der Waals surface area contributed by atoms with Gasteiger partial charge in [-0.1, -0.05) is 41.6 Å². The lowest BCUT2D eigenvalue weighted by atomic mass is 9.83. The van der Waals surface area contributed by atoms with Crippen molar-refractivity contribution in [1.29, 1.82) is 0 Å². The SMILES string of the molecule is Cc1cc(/C(C[C@H](c2ccc(N)cc2)c2ccccc2C)=N/O)ccn1. The second-order valence-corrected chi connectivity index (χ2v) is 6.51. The van der Waals surface area contributed by atoms with Gasteiger partial charge in [0.1, 0.15) is 0 Å². The summed E-state index contributed by atoms with van der Waals surface area (Å²) in [6.07, 6.45) is 2.32. The number of nitrogens with zero attached hydrogens (tertiary/aromatic N) is 2. The van der Waals surface area contributed by atoms with Crippen molar-refractivity contribution in [2.24, 2.45) is 5.16 Å². The Hall–Kier alpha value is -3.14. The minimum absolute atomic E-state index is 0.0659. The van der Waals surface area contributed by atoms with E-state index in [1.165, 1.54) is 11.1 Å². The maximum atomic E-state index is 9.67. The summed E-state index contributed by atoms with van der Waals surface area (Å²) < 4.78 is 0. The first-order valence-corrected chi connectivity index (χ1v) is 8.63. The van der Waals surface area contributed by atoms with E-state index in [0.717, 1.165) is 22.5 Å². The van der Waals surface area contributed by atoms with Gasteiger partial charge in [-0.25, -0.2) is 0 Å². The molecule has 0 fully saturated rings. The monoisotopic (exact) mass is 345 g/mol. The van der Waals surface area contributed by atoms with Crippen LogP contribution in [0.5, 0.6) is 0 Å². The molecule has 4 heteroatoms. The van der Waals surface area contributed by atoms with Gasteiger partial charge >= 0.3 is 0 Å². The first-order valence-electron chi connectivity index (χ1n) is 8.63. The summed E-state index contributed by atoms with van der Waals surface area (Å²) in [5.74, 6) is 0.0659. The van der Waals surface area contributed by atoms with Gasteiger partial charge in [-0.2, -0.15) is 0 Å². The van der Waals surface area contributed by atoms with Crippen molar-refractivity contribution in [2.75, 3.05) is 5.73 Å². The van der Waals surface area contributed by atoms with Crippen molar-refractivity contribution in [3.63, 3.8) is 0 Å². The highest BCUT2D eigenvalue weighted by molar-refractivity contribution is 6.01. The summed E-state index contributed by atoms with van der Waals surface area (Å²) in [5.41, 5.74) is 12.6. The Morgan fingerprint density at radius 2 is 1.81 bits per heavy atom. The predicted octanol–water partition coefficient (Wildman–Crippen LogP) is 4.68. The maximum absolute atomic E-state index is 9.67. The summed E-state index contributed by atoms with van der Waals surface area (Å²) in [4.78, 5) is 4.23. The minimum atomic E-state index is 0.0659. The second kappa shape index (κ2) is 7.83. The average molecular weight is 345 g/mol. The number of hydrogen-bond donors (Lipinski definition) is 2. The summed E-state index contributed by atoms with van der Waals surface area (Å²) in [7, 11) is 0. The molecule has 0 radical (unpaired) electrons. The molecule has 4 nitrogen and oxygen atoms in total. The van der Waals surface area contributed by atoms with Crippen LogP contribution in [0.1, 0.15) is 40.3 Å². The second-order valence-electron chi connectivity index (χ2n) is 6.51. The zero-order chi connectivity index (χ0) is 18.5. The lowest BCUT2D eigenvalue weighted by Crippen LogP contribution is -2.12. The topological polar surface area (TPSA) is 71.5 Å². The van der Waals surface area contributed by atoms with Gasteiger partial charge in [0.05, 0.1) is 5.71 Å². The van der Waals surface area contributed by atoms with Gasteiger partial charge in [0.15, 0.2) is 0 Å². The Labute approximate surface area is 154 Å². The number of rotatable bonds is 5. The van der Waals surface area contributed by atoms with Crippen molar-refractivity contribution in [1.82, 2.24) is 4.98 Å². The van der Waals surface area contributed by atoms with Gasteiger partial charge in [-0.3, -0.25) is 4.98 Å². The Morgan fingerprint density at radius 1 is 1.08 bits per heavy atom. The zero-order valence-electron chi connectivity index (χ0n) is 15.1. The molecule has 3 aromatic rings. The molecule has 0 aliphatic heterocycles. The molecule has 0 saturated carbocycles. The van der Waals surface area contributed by atoms with Crippen molar-refractivity contribution < 1.29 is 5.21 Å². The lowest BCUT2D eigenvalue weighted by Gasteiger charge is -2.21. The first kappa shape index (κ1) is 17.7. The number of aryl methyl sites for hydroxylation is 2. The smallest absolute Gasteiger partial charge is 0.0878 e. The van der Waals surface area contributed by atoms with Gasteiger partial charge in [0.25, 0.3) is 0 Å². The summed E-state index contributed by atoms with van der Waals surface area (Å²) in [5, 5.41) is 13.3. The third kappa shape index (κ3) is 3.91. The van der Waals surface area contributed by atoms with E-state index in [9.17, 15) is 5.21 Å². The third-order valence-corrected chi connectivity index (χ3v) is 4.65. The van der Waals surface area contributed by atoms with Crippen molar-refractivity contribution in [2.45, 2.75) is 26.2 Å².